The number of rotatable bonds is 10. The summed E-state index contributed by atoms with van der Waals surface area (Å²) >= 11 is 0. The molecule has 21 heavy (non-hydrogen) atoms. The number of carbonyl (C=O) groups excluding carboxylic acids is 2. The molecule has 0 saturated carbocycles. The zero-order valence-corrected chi connectivity index (χ0v) is 13.3. The normalized spacial score (nSPS) is 18.8. The van der Waals surface area contributed by atoms with Gasteiger partial charge in [-0.25, -0.2) is 4.79 Å². The number of ether oxygens (including phenoxy) is 1. The fourth-order valence-electron chi connectivity index (χ4n) is 2.63. The summed E-state index contributed by atoms with van der Waals surface area (Å²) in [5, 5.41) is 9.94. The third kappa shape index (κ3) is 5.90. The highest BCUT2D eigenvalue weighted by atomic mass is 16.5. The Hall–Kier alpha value is -1.32. The third-order valence-electron chi connectivity index (χ3n) is 3.82. The number of Topliss-reactive ketones (excluding diaryl/α,β-unsaturated/α-hetero) is 1. The highest BCUT2D eigenvalue weighted by Crippen LogP contribution is 2.25. The average Bonchev–Trinajstić information content (AvgIpc) is 2.42. The SMILES string of the molecule is CCCCCCCCC1CC(O)=C(C(=O)CCC)C(=O)O1. The Balaban J connectivity index is 2.39. The second-order valence-corrected chi connectivity index (χ2v) is 5.78. The maximum absolute atomic E-state index is 11.8. The summed E-state index contributed by atoms with van der Waals surface area (Å²) < 4.78 is 5.29. The van der Waals surface area contributed by atoms with Crippen LogP contribution in [0, 0.1) is 0 Å². The molecule has 0 aromatic carbocycles. The van der Waals surface area contributed by atoms with E-state index in [1.165, 1.54) is 25.7 Å². The molecule has 1 rings (SSSR count). The highest BCUT2D eigenvalue weighted by molar-refractivity contribution is 6.18. The minimum Gasteiger partial charge on any atom is -0.511 e. The van der Waals surface area contributed by atoms with Crippen LogP contribution in [0.3, 0.4) is 0 Å². The van der Waals surface area contributed by atoms with Gasteiger partial charge in [0.05, 0.1) is 0 Å². The van der Waals surface area contributed by atoms with E-state index in [4.69, 9.17) is 4.74 Å². The second kappa shape index (κ2) is 9.59. The molecular formula is C17H28O4. The molecule has 1 aliphatic rings. The first-order valence-corrected chi connectivity index (χ1v) is 8.26. The molecule has 120 valence electrons. The number of cyclic esters (lactones) is 1. The molecule has 1 aliphatic heterocycles. The minimum atomic E-state index is -0.645. The summed E-state index contributed by atoms with van der Waals surface area (Å²) in [6, 6.07) is 0. The van der Waals surface area contributed by atoms with Gasteiger partial charge in [0, 0.05) is 12.8 Å². The first-order chi connectivity index (χ1) is 10.1. The van der Waals surface area contributed by atoms with Gasteiger partial charge in [-0.3, -0.25) is 4.79 Å². The quantitative estimate of drug-likeness (QED) is 0.372. The average molecular weight is 296 g/mol. The Bertz CT molecular complexity index is 384. The summed E-state index contributed by atoms with van der Waals surface area (Å²) in [6.45, 7) is 4.05. The maximum atomic E-state index is 11.8. The topological polar surface area (TPSA) is 63.6 Å². The highest BCUT2D eigenvalue weighted by Gasteiger charge is 2.32. The zero-order chi connectivity index (χ0) is 15.7. The molecule has 0 aliphatic carbocycles. The van der Waals surface area contributed by atoms with Crippen molar-refractivity contribution in [3.8, 4) is 0 Å². The Morgan fingerprint density at radius 2 is 1.81 bits per heavy atom. The third-order valence-corrected chi connectivity index (χ3v) is 3.82. The molecule has 0 fully saturated rings. The van der Waals surface area contributed by atoms with Gasteiger partial charge in [-0.15, -0.1) is 0 Å². The largest absolute Gasteiger partial charge is 0.511 e. The molecule has 1 heterocycles. The van der Waals surface area contributed by atoms with Gasteiger partial charge in [0.25, 0.3) is 0 Å². The lowest BCUT2D eigenvalue weighted by Gasteiger charge is -2.23. The van der Waals surface area contributed by atoms with Crippen LogP contribution in [0.1, 0.15) is 78.1 Å². The molecule has 0 bridgehead atoms. The van der Waals surface area contributed by atoms with Gasteiger partial charge < -0.3 is 9.84 Å². The Labute approximate surface area is 127 Å². The zero-order valence-electron chi connectivity index (χ0n) is 13.3. The summed E-state index contributed by atoms with van der Waals surface area (Å²) in [6.07, 6.45) is 8.77. The molecule has 0 saturated heterocycles. The Kier molecular flexibility index (Phi) is 8.09. The summed E-state index contributed by atoms with van der Waals surface area (Å²) in [5.74, 6) is -1.04. The number of hydrogen-bond acceptors (Lipinski definition) is 4. The van der Waals surface area contributed by atoms with Crippen LogP contribution in [0.2, 0.25) is 0 Å². The van der Waals surface area contributed by atoms with E-state index in [0.29, 0.717) is 6.42 Å². The number of carbonyl (C=O) groups is 2. The predicted octanol–water partition coefficient (Wildman–Crippen LogP) is 4.23. The van der Waals surface area contributed by atoms with Crippen LogP contribution in [0.4, 0.5) is 0 Å². The van der Waals surface area contributed by atoms with Gasteiger partial charge in [0.2, 0.25) is 0 Å². The lowest BCUT2D eigenvalue weighted by atomic mass is 9.97. The van der Waals surface area contributed by atoms with Crippen molar-refractivity contribution in [2.45, 2.75) is 84.2 Å². The smallest absolute Gasteiger partial charge is 0.345 e. The van der Waals surface area contributed by atoms with Crippen LogP contribution in [0.25, 0.3) is 0 Å². The van der Waals surface area contributed by atoms with Gasteiger partial charge >= 0.3 is 5.97 Å². The molecule has 0 aromatic heterocycles. The predicted molar refractivity (Wildman–Crippen MR) is 82.1 cm³/mol. The van der Waals surface area contributed by atoms with E-state index in [2.05, 4.69) is 6.92 Å². The summed E-state index contributed by atoms with van der Waals surface area (Å²) in [4.78, 5) is 23.6. The number of ketones is 1. The van der Waals surface area contributed by atoms with Gasteiger partial charge in [0.1, 0.15) is 17.4 Å². The van der Waals surface area contributed by atoms with Gasteiger partial charge in [-0.2, -0.15) is 0 Å². The number of aliphatic hydroxyl groups is 1. The maximum Gasteiger partial charge on any atom is 0.345 e. The Morgan fingerprint density at radius 1 is 1.14 bits per heavy atom. The van der Waals surface area contributed by atoms with Crippen molar-refractivity contribution in [2.24, 2.45) is 0 Å². The van der Waals surface area contributed by atoms with Gasteiger partial charge in [0.15, 0.2) is 5.78 Å². The number of hydrogen-bond donors (Lipinski definition) is 1. The van der Waals surface area contributed by atoms with Gasteiger partial charge in [-0.05, 0) is 19.3 Å². The van der Waals surface area contributed by atoms with E-state index in [0.717, 1.165) is 19.3 Å². The molecule has 4 nitrogen and oxygen atoms in total. The van der Waals surface area contributed by atoms with Crippen LogP contribution in [-0.4, -0.2) is 23.0 Å². The molecule has 4 heteroatoms. The van der Waals surface area contributed by atoms with E-state index < -0.39 is 5.97 Å². The summed E-state index contributed by atoms with van der Waals surface area (Å²) in [5.41, 5.74) is -0.129. The summed E-state index contributed by atoms with van der Waals surface area (Å²) in [7, 11) is 0. The van der Waals surface area contributed by atoms with Crippen LogP contribution in [0.15, 0.2) is 11.3 Å². The molecular weight excluding hydrogens is 268 g/mol. The molecule has 0 aromatic rings. The van der Waals surface area contributed by atoms with Crippen LogP contribution in [-0.2, 0) is 14.3 Å². The van der Waals surface area contributed by atoms with E-state index in [9.17, 15) is 14.7 Å². The van der Waals surface area contributed by atoms with E-state index >= 15 is 0 Å². The van der Waals surface area contributed by atoms with Crippen LogP contribution >= 0.6 is 0 Å². The number of aliphatic hydroxyl groups excluding tert-OH is 1. The van der Waals surface area contributed by atoms with Crippen molar-refractivity contribution in [3.63, 3.8) is 0 Å². The second-order valence-electron chi connectivity index (χ2n) is 5.78. The van der Waals surface area contributed by atoms with Crippen molar-refractivity contribution in [1.82, 2.24) is 0 Å². The first kappa shape index (κ1) is 17.7. The molecule has 0 radical (unpaired) electrons. The van der Waals surface area contributed by atoms with Crippen molar-refractivity contribution in [1.29, 1.82) is 0 Å². The molecule has 1 atom stereocenters. The molecule has 0 spiro atoms. The lowest BCUT2D eigenvalue weighted by Crippen LogP contribution is -2.30. The van der Waals surface area contributed by atoms with Crippen molar-refractivity contribution in [2.75, 3.05) is 0 Å². The molecule has 0 amide bonds. The van der Waals surface area contributed by atoms with Crippen molar-refractivity contribution in [3.05, 3.63) is 11.3 Å². The molecule has 1 unspecified atom stereocenters. The minimum absolute atomic E-state index is 0.0827. The van der Waals surface area contributed by atoms with Crippen LogP contribution < -0.4 is 0 Å². The first-order valence-electron chi connectivity index (χ1n) is 8.26. The number of esters is 1. The van der Waals surface area contributed by atoms with Crippen LogP contribution in [0.5, 0.6) is 0 Å². The van der Waals surface area contributed by atoms with E-state index in [-0.39, 0.29) is 36.1 Å². The number of unbranched alkanes of at least 4 members (excludes halogenated alkanes) is 5. The monoisotopic (exact) mass is 296 g/mol. The lowest BCUT2D eigenvalue weighted by molar-refractivity contribution is -0.148. The fourth-order valence-corrected chi connectivity index (χ4v) is 2.63. The van der Waals surface area contributed by atoms with Crippen molar-refractivity contribution < 1.29 is 19.4 Å². The molecule has 1 N–H and O–H groups in total. The fraction of sp³-hybridized carbons (Fsp3) is 0.765. The van der Waals surface area contributed by atoms with Gasteiger partial charge in [-0.1, -0.05) is 46.0 Å². The van der Waals surface area contributed by atoms with E-state index in [1.807, 2.05) is 6.92 Å². The van der Waals surface area contributed by atoms with E-state index in [1.54, 1.807) is 0 Å². The standard InChI is InChI=1S/C17H28O4/c1-3-5-6-7-8-9-11-13-12-15(19)16(17(20)21-13)14(18)10-4-2/h13,19H,3-12H2,1-2H3. The Morgan fingerprint density at radius 3 is 2.43 bits per heavy atom. The van der Waals surface area contributed by atoms with Crippen molar-refractivity contribution >= 4 is 11.8 Å².